The summed E-state index contributed by atoms with van der Waals surface area (Å²) < 4.78 is 0. The highest BCUT2D eigenvalue weighted by Gasteiger charge is 1.96. The lowest BCUT2D eigenvalue weighted by molar-refractivity contribution is -0.104. The summed E-state index contributed by atoms with van der Waals surface area (Å²) in [7, 11) is 0. The fourth-order valence-corrected chi connectivity index (χ4v) is 1.20. The first-order chi connectivity index (χ1) is 6.27. The zero-order valence-electron chi connectivity index (χ0n) is 7.46. The van der Waals surface area contributed by atoms with Crippen molar-refractivity contribution in [3.63, 3.8) is 0 Å². The van der Waals surface area contributed by atoms with Crippen molar-refractivity contribution in [2.24, 2.45) is 0 Å². The molecule has 0 N–H and O–H groups in total. The standard InChI is InChI=1S/C11H11ClO/c1-2-9(8-13)7-10-5-3-4-6-11(10)12/h3-8H,2H2,1H3/b9-7+. The Morgan fingerprint density at radius 3 is 2.69 bits per heavy atom. The predicted octanol–water partition coefficient (Wildman–Crippen LogP) is 3.33. The Balaban J connectivity index is 3.02. The summed E-state index contributed by atoms with van der Waals surface area (Å²) in [4.78, 5) is 10.5. The van der Waals surface area contributed by atoms with Crippen LogP contribution in [0.25, 0.3) is 6.08 Å². The van der Waals surface area contributed by atoms with E-state index < -0.39 is 0 Å². The Morgan fingerprint density at radius 1 is 1.46 bits per heavy atom. The van der Waals surface area contributed by atoms with Crippen molar-refractivity contribution in [1.82, 2.24) is 0 Å². The number of allylic oxidation sites excluding steroid dienone is 1. The van der Waals surface area contributed by atoms with Crippen LogP contribution in [0.2, 0.25) is 5.02 Å². The third-order valence-corrected chi connectivity index (χ3v) is 2.15. The largest absolute Gasteiger partial charge is 0.298 e. The van der Waals surface area contributed by atoms with Crippen LogP contribution in [0.4, 0.5) is 0 Å². The molecule has 0 radical (unpaired) electrons. The van der Waals surface area contributed by atoms with Gasteiger partial charge in [-0.05, 0) is 29.7 Å². The van der Waals surface area contributed by atoms with Gasteiger partial charge in [0.25, 0.3) is 0 Å². The fourth-order valence-electron chi connectivity index (χ4n) is 1.01. The number of carbonyl (C=O) groups excluding carboxylic acids is 1. The monoisotopic (exact) mass is 194 g/mol. The molecule has 2 heteroatoms. The molecule has 0 aliphatic rings. The van der Waals surface area contributed by atoms with Gasteiger partial charge < -0.3 is 0 Å². The van der Waals surface area contributed by atoms with Crippen LogP contribution in [0.5, 0.6) is 0 Å². The van der Waals surface area contributed by atoms with Gasteiger partial charge in [-0.2, -0.15) is 0 Å². The van der Waals surface area contributed by atoms with E-state index in [4.69, 9.17) is 11.6 Å². The summed E-state index contributed by atoms with van der Waals surface area (Å²) in [6, 6.07) is 7.47. The van der Waals surface area contributed by atoms with Gasteiger partial charge >= 0.3 is 0 Å². The smallest absolute Gasteiger partial charge is 0.146 e. The molecule has 1 aromatic carbocycles. The van der Waals surface area contributed by atoms with E-state index in [0.29, 0.717) is 5.02 Å². The zero-order valence-corrected chi connectivity index (χ0v) is 8.21. The van der Waals surface area contributed by atoms with Gasteiger partial charge in [0.05, 0.1) is 0 Å². The highest BCUT2D eigenvalue weighted by atomic mass is 35.5. The Bertz CT molecular complexity index is 329. The summed E-state index contributed by atoms with van der Waals surface area (Å²) in [5.74, 6) is 0. The number of hydrogen-bond donors (Lipinski definition) is 0. The molecule has 0 unspecified atom stereocenters. The van der Waals surface area contributed by atoms with E-state index in [1.54, 1.807) is 0 Å². The van der Waals surface area contributed by atoms with E-state index in [2.05, 4.69) is 0 Å². The van der Waals surface area contributed by atoms with Crippen LogP contribution in [0.3, 0.4) is 0 Å². The van der Waals surface area contributed by atoms with Crippen molar-refractivity contribution in [2.45, 2.75) is 13.3 Å². The van der Waals surface area contributed by atoms with Crippen molar-refractivity contribution in [3.8, 4) is 0 Å². The van der Waals surface area contributed by atoms with Crippen LogP contribution < -0.4 is 0 Å². The van der Waals surface area contributed by atoms with Gasteiger partial charge in [-0.15, -0.1) is 0 Å². The summed E-state index contributed by atoms with van der Waals surface area (Å²) in [6.07, 6.45) is 3.41. The number of carbonyl (C=O) groups is 1. The van der Waals surface area contributed by atoms with Crippen LogP contribution in [0.15, 0.2) is 29.8 Å². The molecule has 1 aromatic rings. The topological polar surface area (TPSA) is 17.1 Å². The minimum absolute atomic E-state index is 0.676. The number of halogens is 1. The third kappa shape index (κ3) is 2.71. The number of benzene rings is 1. The van der Waals surface area contributed by atoms with Crippen LogP contribution in [0.1, 0.15) is 18.9 Å². The fraction of sp³-hybridized carbons (Fsp3) is 0.182. The summed E-state index contributed by atoms with van der Waals surface area (Å²) in [6.45, 7) is 1.94. The Hall–Kier alpha value is -1.08. The van der Waals surface area contributed by atoms with Gasteiger partial charge in [0.2, 0.25) is 0 Å². The van der Waals surface area contributed by atoms with Gasteiger partial charge in [-0.1, -0.05) is 36.7 Å². The van der Waals surface area contributed by atoms with E-state index in [1.807, 2.05) is 37.3 Å². The molecule has 13 heavy (non-hydrogen) atoms. The van der Waals surface area contributed by atoms with Crippen molar-refractivity contribution in [2.75, 3.05) is 0 Å². The second-order valence-electron chi connectivity index (χ2n) is 2.71. The Kier molecular flexibility index (Phi) is 3.71. The molecule has 0 aliphatic carbocycles. The average molecular weight is 195 g/mol. The molecule has 0 atom stereocenters. The molecular formula is C11H11ClO. The van der Waals surface area contributed by atoms with Gasteiger partial charge in [0.1, 0.15) is 6.29 Å². The maximum absolute atomic E-state index is 10.5. The van der Waals surface area contributed by atoms with Gasteiger partial charge in [0, 0.05) is 5.02 Å². The number of rotatable bonds is 3. The normalized spacial score (nSPS) is 11.4. The van der Waals surface area contributed by atoms with E-state index in [0.717, 1.165) is 23.8 Å². The van der Waals surface area contributed by atoms with E-state index in [9.17, 15) is 4.79 Å². The molecule has 1 rings (SSSR count). The number of hydrogen-bond acceptors (Lipinski definition) is 1. The van der Waals surface area contributed by atoms with Crippen LogP contribution in [0, 0.1) is 0 Å². The second-order valence-corrected chi connectivity index (χ2v) is 3.12. The number of aldehydes is 1. The maximum Gasteiger partial charge on any atom is 0.146 e. The zero-order chi connectivity index (χ0) is 9.68. The van der Waals surface area contributed by atoms with Gasteiger partial charge in [0.15, 0.2) is 0 Å². The maximum atomic E-state index is 10.5. The van der Waals surface area contributed by atoms with Crippen LogP contribution >= 0.6 is 11.6 Å². The van der Waals surface area contributed by atoms with Crippen molar-refractivity contribution < 1.29 is 4.79 Å². The summed E-state index contributed by atoms with van der Waals surface area (Å²) in [5, 5.41) is 0.676. The molecule has 0 amide bonds. The molecule has 0 saturated carbocycles. The molecule has 0 bridgehead atoms. The first-order valence-electron chi connectivity index (χ1n) is 4.18. The molecular weight excluding hydrogens is 184 g/mol. The van der Waals surface area contributed by atoms with E-state index in [-0.39, 0.29) is 0 Å². The predicted molar refractivity (Wildman–Crippen MR) is 55.8 cm³/mol. The van der Waals surface area contributed by atoms with Crippen LogP contribution in [-0.2, 0) is 4.79 Å². The van der Waals surface area contributed by atoms with Gasteiger partial charge in [-0.25, -0.2) is 0 Å². The minimum Gasteiger partial charge on any atom is -0.298 e. The van der Waals surface area contributed by atoms with E-state index >= 15 is 0 Å². The first-order valence-corrected chi connectivity index (χ1v) is 4.56. The lowest BCUT2D eigenvalue weighted by atomic mass is 10.1. The minimum atomic E-state index is 0.676. The Morgan fingerprint density at radius 2 is 2.15 bits per heavy atom. The molecule has 68 valence electrons. The average Bonchev–Trinajstić information content (AvgIpc) is 2.17. The SMILES string of the molecule is CC/C(C=O)=C\c1ccccc1Cl. The second kappa shape index (κ2) is 4.83. The molecule has 0 aromatic heterocycles. The lowest BCUT2D eigenvalue weighted by Gasteiger charge is -1.98. The van der Waals surface area contributed by atoms with Crippen molar-refractivity contribution in [1.29, 1.82) is 0 Å². The van der Waals surface area contributed by atoms with Crippen molar-refractivity contribution >= 4 is 24.0 Å². The summed E-state index contributed by atoms with van der Waals surface area (Å²) >= 11 is 5.92. The molecule has 0 aliphatic heterocycles. The van der Waals surface area contributed by atoms with Crippen LogP contribution in [-0.4, -0.2) is 6.29 Å². The Labute approximate surface area is 83.0 Å². The highest BCUT2D eigenvalue weighted by molar-refractivity contribution is 6.32. The van der Waals surface area contributed by atoms with Crippen molar-refractivity contribution in [3.05, 3.63) is 40.4 Å². The first kappa shape index (κ1) is 10.0. The summed E-state index contributed by atoms with van der Waals surface area (Å²) in [5.41, 5.74) is 1.65. The molecule has 0 spiro atoms. The molecule has 0 saturated heterocycles. The van der Waals surface area contributed by atoms with E-state index in [1.165, 1.54) is 0 Å². The molecule has 0 fully saturated rings. The molecule has 1 nitrogen and oxygen atoms in total. The van der Waals surface area contributed by atoms with Gasteiger partial charge in [-0.3, -0.25) is 4.79 Å². The quantitative estimate of drug-likeness (QED) is 0.533. The highest BCUT2D eigenvalue weighted by Crippen LogP contribution is 2.18. The lowest BCUT2D eigenvalue weighted by Crippen LogP contribution is -1.82. The third-order valence-electron chi connectivity index (χ3n) is 1.81. The molecule has 0 heterocycles.